The second kappa shape index (κ2) is 6.20. The van der Waals surface area contributed by atoms with Crippen molar-refractivity contribution in [3.63, 3.8) is 0 Å². The molecule has 0 saturated heterocycles. The first kappa shape index (κ1) is 15.4. The fourth-order valence-corrected chi connectivity index (χ4v) is 4.14. The number of sulfonamides is 1. The summed E-state index contributed by atoms with van der Waals surface area (Å²) in [6.45, 7) is 2.21. The van der Waals surface area contributed by atoms with E-state index < -0.39 is 15.8 Å². The first-order chi connectivity index (χ1) is 9.44. The monoisotopic (exact) mass is 300 g/mol. The molecular formula is C14H21FN2O2S. The van der Waals surface area contributed by atoms with Crippen LogP contribution in [0.5, 0.6) is 0 Å². The van der Waals surface area contributed by atoms with E-state index in [1.165, 1.54) is 12.1 Å². The van der Waals surface area contributed by atoms with Gasteiger partial charge in [-0.15, -0.1) is 0 Å². The summed E-state index contributed by atoms with van der Waals surface area (Å²) in [5, 5.41) is 0. The van der Waals surface area contributed by atoms with Crippen molar-refractivity contribution in [3.05, 3.63) is 29.6 Å². The zero-order chi connectivity index (χ0) is 14.8. The lowest BCUT2D eigenvalue weighted by atomic mass is 9.87. The van der Waals surface area contributed by atoms with Gasteiger partial charge >= 0.3 is 0 Å². The van der Waals surface area contributed by atoms with E-state index in [0.717, 1.165) is 31.7 Å². The van der Waals surface area contributed by atoms with Crippen LogP contribution in [0, 0.1) is 11.7 Å². The van der Waals surface area contributed by atoms with Crippen molar-refractivity contribution in [2.75, 3.05) is 0 Å². The molecule has 0 aromatic heterocycles. The van der Waals surface area contributed by atoms with Gasteiger partial charge in [-0.25, -0.2) is 17.5 Å². The van der Waals surface area contributed by atoms with Crippen LogP contribution in [0.2, 0.25) is 0 Å². The predicted molar refractivity (Wildman–Crippen MR) is 76.0 cm³/mol. The highest BCUT2D eigenvalue weighted by Gasteiger charge is 2.28. The highest BCUT2D eigenvalue weighted by molar-refractivity contribution is 7.89. The van der Waals surface area contributed by atoms with Crippen LogP contribution in [-0.2, 0) is 16.6 Å². The quantitative estimate of drug-likeness (QED) is 0.895. The molecule has 1 aliphatic rings. The van der Waals surface area contributed by atoms with E-state index in [2.05, 4.69) is 4.72 Å². The molecule has 2 atom stereocenters. The summed E-state index contributed by atoms with van der Waals surface area (Å²) in [6.07, 6.45) is 3.93. The SMILES string of the molecule is CC1CCCCC1NS(=O)(=O)c1cc(CN)ccc1F. The van der Waals surface area contributed by atoms with E-state index in [1.54, 1.807) is 0 Å². The largest absolute Gasteiger partial charge is 0.326 e. The van der Waals surface area contributed by atoms with Crippen LogP contribution in [0.3, 0.4) is 0 Å². The summed E-state index contributed by atoms with van der Waals surface area (Å²) in [5.41, 5.74) is 6.08. The molecule has 3 N–H and O–H groups in total. The van der Waals surface area contributed by atoms with Crippen LogP contribution in [0.25, 0.3) is 0 Å². The van der Waals surface area contributed by atoms with Gasteiger partial charge in [0.05, 0.1) is 0 Å². The van der Waals surface area contributed by atoms with Gasteiger partial charge in [-0.05, 0) is 36.5 Å². The fraction of sp³-hybridized carbons (Fsp3) is 0.571. The van der Waals surface area contributed by atoms with E-state index in [9.17, 15) is 12.8 Å². The highest BCUT2D eigenvalue weighted by Crippen LogP contribution is 2.26. The Kier molecular flexibility index (Phi) is 4.78. The molecule has 1 aromatic rings. The summed E-state index contributed by atoms with van der Waals surface area (Å²) < 4.78 is 41.1. The second-order valence-electron chi connectivity index (χ2n) is 5.46. The van der Waals surface area contributed by atoms with Crippen molar-refractivity contribution >= 4 is 10.0 Å². The third kappa shape index (κ3) is 3.37. The van der Waals surface area contributed by atoms with E-state index >= 15 is 0 Å². The molecule has 2 rings (SSSR count). The van der Waals surface area contributed by atoms with Crippen molar-refractivity contribution in [2.24, 2.45) is 11.7 Å². The third-order valence-corrected chi connectivity index (χ3v) is 5.44. The Hall–Kier alpha value is -0.980. The van der Waals surface area contributed by atoms with Crippen molar-refractivity contribution in [2.45, 2.75) is 50.1 Å². The smallest absolute Gasteiger partial charge is 0.243 e. The zero-order valence-corrected chi connectivity index (χ0v) is 12.4. The van der Waals surface area contributed by atoms with Crippen molar-refractivity contribution < 1.29 is 12.8 Å². The van der Waals surface area contributed by atoms with Crippen LogP contribution in [0.4, 0.5) is 4.39 Å². The molecule has 0 heterocycles. The van der Waals surface area contributed by atoms with Gasteiger partial charge in [0, 0.05) is 12.6 Å². The summed E-state index contributed by atoms with van der Waals surface area (Å²) in [5.74, 6) is -0.461. The number of hydrogen-bond acceptors (Lipinski definition) is 3. The van der Waals surface area contributed by atoms with Gasteiger partial charge in [-0.3, -0.25) is 0 Å². The molecule has 112 valence electrons. The number of halogens is 1. The number of benzene rings is 1. The Morgan fingerprint density at radius 1 is 1.35 bits per heavy atom. The Balaban J connectivity index is 2.25. The Bertz CT molecular complexity index is 575. The second-order valence-corrected chi connectivity index (χ2v) is 7.14. The van der Waals surface area contributed by atoms with Crippen molar-refractivity contribution in [1.29, 1.82) is 0 Å². The number of nitrogens with one attached hydrogen (secondary N) is 1. The maximum Gasteiger partial charge on any atom is 0.243 e. The molecule has 20 heavy (non-hydrogen) atoms. The highest BCUT2D eigenvalue weighted by atomic mass is 32.2. The van der Waals surface area contributed by atoms with Crippen LogP contribution in [0.1, 0.15) is 38.2 Å². The predicted octanol–water partition coefficient (Wildman–Crippen LogP) is 2.14. The topological polar surface area (TPSA) is 72.2 Å². The van der Waals surface area contributed by atoms with Crippen LogP contribution in [0.15, 0.2) is 23.1 Å². The standard InChI is InChI=1S/C14H21FN2O2S/c1-10-4-2-3-5-13(10)17-20(18,19)14-8-11(9-16)6-7-12(14)15/h6-8,10,13,17H,2-5,9,16H2,1H3. The minimum atomic E-state index is -3.84. The van der Waals surface area contributed by atoms with Gasteiger partial charge in [0.2, 0.25) is 10.0 Å². The van der Waals surface area contributed by atoms with E-state index in [-0.39, 0.29) is 23.4 Å². The molecule has 0 spiro atoms. The summed E-state index contributed by atoms with van der Waals surface area (Å²) >= 11 is 0. The first-order valence-corrected chi connectivity index (χ1v) is 8.43. The molecule has 1 fully saturated rings. The number of rotatable bonds is 4. The summed E-state index contributed by atoms with van der Waals surface area (Å²) in [4.78, 5) is -0.307. The average molecular weight is 300 g/mol. The van der Waals surface area contributed by atoms with Gasteiger partial charge in [0.15, 0.2) is 0 Å². The molecule has 0 bridgehead atoms. The molecule has 0 radical (unpaired) electrons. The molecule has 6 heteroatoms. The first-order valence-electron chi connectivity index (χ1n) is 6.95. The minimum absolute atomic E-state index is 0.116. The van der Waals surface area contributed by atoms with Crippen LogP contribution < -0.4 is 10.5 Å². The molecule has 4 nitrogen and oxygen atoms in total. The van der Waals surface area contributed by atoms with Crippen LogP contribution >= 0.6 is 0 Å². The molecule has 1 aromatic carbocycles. The Morgan fingerprint density at radius 3 is 2.70 bits per heavy atom. The lowest BCUT2D eigenvalue weighted by molar-refractivity contribution is 0.310. The lowest BCUT2D eigenvalue weighted by Crippen LogP contribution is -2.41. The molecule has 0 amide bonds. The van der Waals surface area contributed by atoms with E-state index in [0.29, 0.717) is 5.56 Å². The summed E-state index contributed by atoms with van der Waals surface area (Å²) in [7, 11) is -3.84. The third-order valence-electron chi connectivity index (χ3n) is 3.94. The van der Waals surface area contributed by atoms with Gasteiger partial charge < -0.3 is 5.73 Å². The number of hydrogen-bond donors (Lipinski definition) is 2. The van der Waals surface area contributed by atoms with Gasteiger partial charge in [0.25, 0.3) is 0 Å². The zero-order valence-electron chi connectivity index (χ0n) is 11.6. The maximum atomic E-state index is 13.8. The lowest BCUT2D eigenvalue weighted by Gasteiger charge is -2.29. The van der Waals surface area contributed by atoms with Crippen LogP contribution in [-0.4, -0.2) is 14.5 Å². The molecule has 1 aliphatic carbocycles. The maximum absolute atomic E-state index is 13.8. The van der Waals surface area contributed by atoms with E-state index in [1.807, 2.05) is 6.92 Å². The van der Waals surface area contributed by atoms with Gasteiger partial charge in [-0.1, -0.05) is 25.8 Å². The molecule has 2 unspecified atom stereocenters. The van der Waals surface area contributed by atoms with E-state index in [4.69, 9.17) is 5.73 Å². The molecule has 1 saturated carbocycles. The van der Waals surface area contributed by atoms with Crippen molar-refractivity contribution in [3.8, 4) is 0 Å². The molecule has 0 aliphatic heterocycles. The minimum Gasteiger partial charge on any atom is -0.326 e. The number of nitrogens with two attached hydrogens (primary N) is 1. The van der Waals surface area contributed by atoms with Gasteiger partial charge in [0.1, 0.15) is 10.7 Å². The Morgan fingerprint density at radius 2 is 2.05 bits per heavy atom. The normalized spacial score (nSPS) is 23.8. The average Bonchev–Trinajstić information content (AvgIpc) is 2.41. The summed E-state index contributed by atoms with van der Waals surface area (Å²) in [6, 6.07) is 3.85. The Labute approximate surface area is 119 Å². The molecular weight excluding hydrogens is 279 g/mol. The van der Waals surface area contributed by atoms with Crippen molar-refractivity contribution in [1.82, 2.24) is 4.72 Å². The fourth-order valence-electron chi connectivity index (χ4n) is 2.63. The van der Waals surface area contributed by atoms with Gasteiger partial charge in [-0.2, -0.15) is 0 Å².